The van der Waals surface area contributed by atoms with Gasteiger partial charge >= 0.3 is 0 Å². The van der Waals surface area contributed by atoms with Gasteiger partial charge in [-0.05, 0) is 19.1 Å². The van der Waals surface area contributed by atoms with Crippen molar-refractivity contribution in [1.82, 2.24) is 14.8 Å². The second-order valence-corrected chi connectivity index (χ2v) is 4.02. The van der Waals surface area contributed by atoms with Crippen LogP contribution in [-0.2, 0) is 13.6 Å². The van der Waals surface area contributed by atoms with E-state index in [-0.39, 0.29) is 5.91 Å². The zero-order chi connectivity index (χ0) is 13.1. The molecule has 3 N–H and O–H groups in total. The van der Waals surface area contributed by atoms with Crippen LogP contribution in [0.25, 0.3) is 0 Å². The van der Waals surface area contributed by atoms with Gasteiger partial charge in [0.15, 0.2) is 5.82 Å². The summed E-state index contributed by atoms with van der Waals surface area (Å²) in [7, 11) is 1.78. The highest BCUT2D eigenvalue weighted by Crippen LogP contribution is 2.13. The molecule has 0 atom stereocenters. The van der Waals surface area contributed by atoms with E-state index in [9.17, 15) is 4.79 Å². The lowest BCUT2D eigenvalue weighted by atomic mass is 10.2. The molecule has 2 heterocycles. The Morgan fingerprint density at radius 3 is 3.00 bits per heavy atom. The van der Waals surface area contributed by atoms with Gasteiger partial charge in [-0.1, -0.05) is 0 Å². The van der Waals surface area contributed by atoms with Crippen LogP contribution < -0.4 is 11.1 Å². The zero-order valence-electron chi connectivity index (χ0n) is 10.3. The van der Waals surface area contributed by atoms with Gasteiger partial charge in [-0.25, -0.2) is 0 Å². The maximum absolute atomic E-state index is 12.0. The highest BCUT2D eigenvalue weighted by atomic mass is 16.1. The fraction of sp³-hybridized carbons (Fsp3) is 0.250. The minimum Gasteiger partial charge on any atom is -0.326 e. The van der Waals surface area contributed by atoms with E-state index < -0.39 is 0 Å². The van der Waals surface area contributed by atoms with Gasteiger partial charge in [-0.3, -0.25) is 14.5 Å². The quantitative estimate of drug-likeness (QED) is 0.838. The topological polar surface area (TPSA) is 85.8 Å². The van der Waals surface area contributed by atoms with Gasteiger partial charge in [-0.2, -0.15) is 5.10 Å². The number of pyridine rings is 1. The Morgan fingerprint density at radius 2 is 2.33 bits per heavy atom. The molecule has 2 aromatic heterocycles. The Hall–Kier alpha value is -2.21. The largest absolute Gasteiger partial charge is 0.326 e. The van der Waals surface area contributed by atoms with E-state index in [0.717, 1.165) is 11.3 Å². The molecule has 94 valence electrons. The number of aromatic nitrogens is 3. The van der Waals surface area contributed by atoms with Crippen molar-refractivity contribution in [2.24, 2.45) is 12.8 Å². The molecule has 0 bridgehead atoms. The summed E-state index contributed by atoms with van der Waals surface area (Å²) in [6.45, 7) is 2.17. The van der Waals surface area contributed by atoms with Crippen LogP contribution in [0.2, 0.25) is 0 Å². The maximum Gasteiger partial charge on any atom is 0.256 e. The van der Waals surface area contributed by atoms with Crippen molar-refractivity contribution in [3.05, 3.63) is 41.3 Å². The molecule has 18 heavy (non-hydrogen) atoms. The summed E-state index contributed by atoms with van der Waals surface area (Å²) >= 11 is 0. The lowest BCUT2D eigenvalue weighted by Crippen LogP contribution is -2.14. The van der Waals surface area contributed by atoms with Crippen molar-refractivity contribution in [3.63, 3.8) is 0 Å². The summed E-state index contributed by atoms with van der Waals surface area (Å²) in [5.41, 5.74) is 7.74. The monoisotopic (exact) mass is 245 g/mol. The van der Waals surface area contributed by atoms with Crippen molar-refractivity contribution in [2.45, 2.75) is 13.5 Å². The van der Waals surface area contributed by atoms with E-state index in [1.54, 1.807) is 36.3 Å². The summed E-state index contributed by atoms with van der Waals surface area (Å²) in [6.07, 6.45) is 3.39. The first-order valence-corrected chi connectivity index (χ1v) is 5.56. The predicted octanol–water partition coefficient (Wildman–Crippen LogP) is 0.835. The van der Waals surface area contributed by atoms with Crippen molar-refractivity contribution >= 4 is 11.7 Å². The van der Waals surface area contributed by atoms with Crippen molar-refractivity contribution in [1.29, 1.82) is 0 Å². The number of carbonyl (C=O) groups is 1. The Morgan fingerprint density at radius 1 is 1.56 bits per heavy atom. The zero-order valence-corrected chi connectivity index (χ0v) is 10.3. The van der Waals surface area contributed by atoms with Crippen molar-refractivity contribution in [3.8, 4) is 0 Å². The average Bonchev–Trinajstić information content (AvgIpc) is 2.69. The van der Waals surface area contributed by atoms with Gasteiger partial charge in [-0.15, -0.1) is 0 Å². The molecule has 2 rings (SSSR count). The minimum absolute atomic E-state index is 0.214. The normalized spacial score (nSPS) is 10.4. The summed E-state index contributed by atoms with van der Waals surface area (Å²) in [5.74, 6) is 0.286. The second kappa shape index (κ2) is 4.97. The van der Waals surface area contributed by atoms with Crippen LogP contribution in [0.4, 0.5) is 5.82 Å². The average molecular weight is 245 g/mol. The Kier molecular flexibility index (Phi) is 3.38. The van der Waals surface area contributed by atoms with Gasteiger partial charge in [0.1, 0.15) is 0 Å². The molecular weight excluding hydrogens is 230 g/mol. The fourth-order valence-corrected chi connectivity index (χ4v) is 1.66. The number of nitrogens with two attached hydrogens (primary N) is 1. The molecule has 0 unspecified atom stereocenters. The Bertz CT molecular complexity index is 576. The Balaban J connectivity index is 2.21. The number of nitrogens with zero attached hydrogens (tertiary/aromatic N) is 3. The first-order valence-electron chi connectivity index (χ1n) is 5.56. The lowest BCUT2D eigenvalue weighted by Gasteiger charge is -2.04. The van der Waals surface area contributed by atoms with Crippen molar-refractivity contribution in [2.75, 3.05) is 5.32 Å². The van der Waals surface area contributed by atoms with Crippen LogP contribution in [0.5, 0.6) is 0 Å². The summed E-state index contributed by atoms with van der Waals surface area (Å²) in [4.78, 5) is 16.1. The van der Waals surface area contributed by atoms with E-state index >= 15 is 0 Å². The van der Waals surface area contributed by atoms with Crippen molar-refractivity contribution < 1.29 is 4.79 Å². The number of hydrogen-bond donors (Lipinski definition) is 2. The molecule has 0 radical (unpaired) electrons. The maximum atomic E-state index is 12.0. The minimum atomic E-state index is -0.214. The van der Waals surface area contributed by atoms with Gasteiger partial charge < -0.3 is 11.1 Å². The molecule has 6 nitrogen and oxygen atoms in total. The number of aryl methyl sites for hydroxylation is 2. The number of hydrogen-bond acceptors (Lipinski definition) is 4. The molecule has 0 aliphatic rings. The van der Waals surface area contributed by atoms with Gasteiger partial charge in [0.25, 0.3) is 5.91 Å². The number of anilines is 1. The predicted molar refractivity (Wildman–Crippen MR) is 68.0 cm³/mol. The van der Waals surface area contributed by atoms with Crippen LogP contribution in [0, 0.1) is 6.92 Å². The molecule has 1 amide bonds. The molecule has 0 aliphatic heterocycles. The second-order valence-electron chi connectivity index (χ2n) is 4.02. The number of carbonyl (C=O) groups excluding carboxylic acids is 1. The number of rotatable bonds is 3. The standard InChI is InChI=1S/C12H15N5O/c1-8-5-9(3-4-14-8)12(18)15-11-10(6-13)7-17(2)16-11/h3-5,7H,6,13H2,1-2H3,(H,15,16,18). The molecule has 6 heteroatoms. The third-order valence-electron chi connectivity index (χ3n) is 2.52. The highest BCUT2D eigenvalue weighted by Gasteiger charge is 2.11. The van der Waals surface area contributed by atoms with E-state index in [1.807, 2.05) is 6.92 Å². The fourth-order valence-electron chi connectivity index (χ4n) is 1.66. The number of amides is 1. The molecule has 0 fully saturated rings. The Labute approximate surface area is 105 Å². The lowest BCUT2D eigenvalue weighted by molar-refractivity contribution is 0.102. The summed E-state index contributed by atoms with van der Waals surface area (Å²) < 4.78 is 1.62. The van der Waals surface area contributed by atoms with Crippen LogP contribution in [0.1, 0.15) is 21.6 Å². The SMILES string of the molecule is Cc1cc(C(=O)Nc2nn(C)cc2CN)ccn1. The first kappa shape index (κ1) is 12.3. The first-order chi connectivity index (χ1) is 8.60. The van der Waals surface area contributed by atoms with Crippen LogP contribution in [-0.4, -0.2) is 20.7 Å². The molecule has 0 saturated heterocycles. The smallest absolute Gasteiger partial charge is 0.256 e. The number of nitrogens with one attached hydrogen (secondary N) is 1. The molecule has 0 aromatic carbocycles. The molecule has 0 spiro atoms. The van der Waals surface area contributed by atoms with Gasteiger partial charge in [0, 0.05) is 42.8 Å². The van der Waals surface area contributed by atoms with Gasteiger partial charge in [0.2, 0.25) is 0 Å². The molecule has 0 saturated carbocycles. The summed E-state index contributed by atoms with van der Waals surface area (Å²) in [6, 6.07) is 3.38. The van der Waals surface area contributed by atoms with Gasteiger partial charge in [0.05, 0.1) is 0 Å². The highest BCUT2D eigenvalue weighted by molar-refractivity contribution is 6.04. The summed E-state index contributed by atoms with van der Waals surface area (Å²) in [5, 5.41) is 6.91. The van der Waals surface area contributed by atoms with Crippen LogP contribution in [0.15, 0.2) is 24.5 Å². The van der Waals surface area contributed by atoms with Crippen LogP contribution >= 0.6 is 0 Å². The van der Waals surface area contributed by atoms with Crippen LogP contribution in [0.3, 0.4) is 0 Å². The van der Waals surface area contributed by atoms with E-state index in [2.05, 4.69) is 15.4 Å². The van der Waals surface area contributed by atoms with E-state index in [0.29, 0.717) is 17.9 Å². The molecule has 0 aliphatic carbocycles. The third kappa shape index (κ3) is 2.54. The van der Waals surface area contributed by atoms with E-state index in [1.165, 1.54) is 0 Å². The molecular formula is C12H15N5O. The molecule has 2 aromatic rings. The third-order valence-corrected chi connectivity index (χ3v) is 2.52. The van der Waals surface area contributed by atoms with E-state index in [4.69, 9.17) is 5.73 Å².